The molecule has 0 aromatic carbocycles. The topological polar surface area (TPSA) is 164 Å². The molecule has 370 valence electrons. The maximum absolute atomic E-state index is 12.7. The monoisotopic (exact) mass is 926 g/mol. The molecular formula is C50H88NO12P. The minimum Gasteiger partial charge on any atom is -0.756 e. The molecule has 0 aliphatic rings. The molecular weight excluding hydrogens is 838 g/mol. The van der Waals surface area contributed by atoms with Gasteiger partial charge in [-0.1, -0.05) is 165 Å². The molecule has 2 unspecified atom stereocenters. The van der Waals surface area contributed by atoms with Crippen LogP contribution >= 0.6 is 7.82 Å². The number of carbonyl (C=O) groups is 4. The van der Waals surface area contributed by atoms with Gasteiger partial charge in [0.05, 0.1) is 41.0 Å². The Hall–Kier alpha value is -3.09. The van der Waals surface area contributed by atoms with E-state index in [2.05, 4.69) is 0 Å². The smallest absolute Gasteiger partial charge is 0.330 e. The lowest BCUT2D eigenvalue weighted by Gasteiger charge is -2.28. The summed E-state index contributed by atoms with van der Waals surface area (Å²) in [5.74, 6) is -1.50. The standard InChI is InChI=1S/C50H88NO12P/c1-6-8-30-36-47(52)58-41-34-28-24-20-16-12-10-14-18-22-26-32-38-49(54)60-44-46(45-62-64(56,57)61-43-40-51(3,4)5)63-50(55)39-33-27-23-19-15-11-13-17-21-25-29-35-42-59-48(53)37-31-9-7-2/h6-9,30-31,36-37,46H,10-29,32-35,38-45H2,1-5H3/b8-6+,9-7+,36-30+,37-31+. The summed E-state index contributed by atoms with van der Waals surface area (Å²) in [7, 11) is 1.08. The normalized spacial score (nSPS) is 13.5. The second-order valence-corrected chi connectivity index (χ2v) is 18.9. The minimum absolute atomic E-state index is 0.0555. The number of phosphoric acid groups is 1. The van der Waals surface area contributed by atoms with Crippen LogP contribution in [0.15, 0.2) is 48.6 Å². The van der Waals surface area contributed by atoms with E-state index in [1.807, 2.05) is 47.1 Å². The van der Waals surface area contributed by atoms with Crippen molar-refractivity contribution in [2.24, 2.45) is 0 Å². The number of carbonyl (C=O) groups excluding carboxylic acids is 4. The van der Waals surface area contributed by atoms with Crippen LogP contribution < -0.4 is 4.89 Å². The van der Waals surface area contributed by atoms with E-state index in [0.29, 0.717) is 37.1 Å². The van der Waals surface area contributed by atoms with Crippen molar-refractivity contribution < 1.29 is 61.1 Å². The Kier molecular flexibility index (Phi) is 40.5. The van der Waals surface area contributed by atoms with E-state index >= 15 is 0 Å². The van der Waals surface area contributed by atoms with Crippen LogP contribution in [0.4, 0.5) is 0 Å². The lowest BCUT2D eigenvalue weighted by molar-refractivity contribution is -0.870. The number of nitrogens with zero attached hydrogens (tertiary/aromatic N) is 1. The molecule has 0 bridgehead atoms. The van der Waals surface area contributed by atoms with Crippen LogP contribution in [0, 0.1) is 0 Å². The molecule has 0 aromatic heterocycles. The zero-order valence-electron chi connectivity index (χ0n) is 40.6. The average molecular weight is 926 g/mol. The number of rotatable bonds is 44. The van der Waals surface area contributed by atoms with Gasteiger partial charge in [-0.15, -0.1) is 0 Å². The van der Waals surface area contributed by atoms with Gasteiger partial charge in [0.15, 0.2) is 6.10 Å². The third kappa shape index (κ3) is 45.5. The van der Waals surface area contributed by atoms with Crippen LogP contribution in [0.3, 0.4) is 0 Å². The van der Waals surface area contributed by atoms with Gasteiger partial charge >= 0.3 is 23.9 Å². The van der Waals surface area contributed by atoms with Crippen LogP contribution in [-0.2, 0) is 51.7 Å². The molecule has 0 aromatic rings. The molecule has 0 fully saturated rings. The highest BCUT2D eigenvalue weighted by Crippen LogP contribution is 2.38. The largest absolute Gasteiger partial charge is 0.756 e. The molecule has 0 saturated carbocycles. The minimum atomic E-state index is -4.66. The highest BCUT2D eigenvalue weighted by molar-refractivity contribution is 7.45. The zero-order valence-corrected chi connectivity index (χ0v) is 41.5. The van der Waals surface area contributed by atoms with E-state index < -0.39 is 32.5 Å². The molecule has 0 aliphatic carbocycles. The molecule has 0 spiro atoms. The first-order valence-electron chi connectivity index (χ1n) is 24.5. The van der Waals surface area contributed by atoms with Crippen LogP contribution in [0.2, 0.25) is 0 Å². The first-order valence-corrected chi connectivity index (χ1v) is 25.9. The van der Waals surface area contributed by atoms with Crippen molar-refractivity contribution in [1.82, 2.24) is 0 Å². The van der Waals surface area contributed by atoms with Crippen molar-refractivity contribution in [2.45, 2.75) is 187 Å². The van der Waals surface area contributed by atoms with Crippen LogP contribution in [0.1, 0.15) is 181 Å². The quantitative estimate of drug-likeness (QED) is 0.0108. The summed E-state index contributed by atoms with van der Waals surface area (Å²) in [4.78, 5) is 60.8. The number of likely N-dealkylation sites (N-methyl/N-ethyl adjacent to an activating group) is 1. The maximum Gasteiger partial charge on any atom is 0.330 e. The SMILES string of the molecule is C/C=C/C=C/C(=O)OCCCCCCCCCCCCCCC(=O)OCC(COP(=O)([O-])OCC[N+](C)(C)C)OC(=O)CCCCCCCCCCCCCCOC(=O)/C=C/C=C/C. The van der Waals surface area contributed by atoms with Crippen LogP contribution in [-0.4, -0.2) is 95.2 Å². The first kappa shape index (κ1) is 60.9. The fraction of sp³-hybridized carbons (Fsp3) is 0.760. The van der Waals surface area contributed by atoms with Crippen molar-refractivity contribution in [2.75, 3.05) is 60.7 Å². The van der Waals surface area contributed by atoms with Crippen LogP contribution in [0.5, 0.6) is 0 Å². The fourth-order valence-electron chi connectivity index (χ4n) is 6.47. The third-order valence-electron chi connectivity index (χ3n) is 10.3. The predicted octanol–water partition coefficient (Wildman–Crippen LogP) is 11.1. The summed E-state index contributed by atoms with van der Waals surface area (Å²) in [5.41, 5.74) is 0. The molecule has 0 radical (unpaired) electrons. The highest BCUT2D eigenvalue weighted by atomic mass is 31.2. The fourth-order valence-corrected chi connectivity index (χ4v) is 7.20. The van der Waals surface area contributed by atoms with E-state index in [1.54, 1.807) is 24.3 Å². The molecule has 0 N–H and O–H groups in total. The van der Waals surface area contributed by atoms with Gasteiger partial charge in [-0.25, -0.2) is 9.59 Å². The van der Waals surface area contributed by atoms with E-state index in [1.165, 1.54) is 69.9 Å². The number of hydrogen-bond donors (Lipinski definition) is 0. The number of phosphoric ester groups is 1. The Bertz CT molecular complexity index is 1360. The van der Waals surface area contributed by atoms with E-state index in [0.717, 1.165) is 83.5 Å². The number of esters is 4. The highest BCUT2D eigenvalue weighted by Gasteiger charge is 2.22. The number of unbranched alkanes of at least 4 members (excludes halogenated alkanes) is 22. The first-order chi connectivity index (χ1) is 30.8. The summed E-state index contributed by atoms with van der Waals surface area (Å²) < 4.78 is 44.3. The summed E-state index contributed by atoms with van der Waals surface area (Å²) in [6.45, 7) is 4.31. The van der Waals surface area contributed by atoms with Crippen LogP contribution in [0.25, 0.3) is 0 Å². The van der Waals surface area contributed by atoms with Gasteiger partial charge in [0.2, 0.25) is 0 Å². The molecule has 0 aliphatic heterocycles. The van der Waals surface area contributed by atoms with Gasteiger partial charge in [-0.05, 0) is 39.5 Å². The molecule has 0 saturated heterocycles. The number of hydrogen-bond acceptors (Lipinski definition) is 12. The Morgan fingerprint density at radius 3 is 1.25 bits per heavy atom. The zero-order chi connectivity index (χ0) is 47.4. The van der Waals surface area contributed by atoms with Crippen molar-refractivity contribution in [3.05, 3.63) is 48.6 Å². The van der Waals surface area contributed by atoms with Gasteiger partial charge in [0, 0.05) is 25.0 Å². The van der Waals surface area contributed by atoms with Gasteiger partial charge in [0.1, 0.15) is 19.8 Å². The van der Waals surface area contributed by atoms with E-state index in [-0.39, 0.29) is 38.0 Å². The Labute approximate surface area is 388 Å². The lowest BCUT2D eigenvalue weighted by atomic mass is 10.0. The lowest BCUT2D eigenvalue weighted by Crippen LogP contribution is -2.37. The third-order valence-corrected chi connectivity index (χ3v) is 11.2. The molecule has 0 heterocycles. The Morgan fingerprint density at radius 1 is 0.484 bits per heavy atom. The van der Waals surface area contributed by atoms with Crippen molar-refractivity contribution in [1.29, 1.82) is 0 Å². The number of ether oxygens (including phenoxy) is 4. The van der Waals surface area contributed by atoms with Crippen molar-refractivity contribution in [3.63, 3.8) is 0 Å². The molecule has 14 heteroatoms. The number of quaternary nitrogens is 1. The molecule has 64 heavy (non-hydrogen) atoms. The molecule has 0 amide bonds. The Morgan fingerprint density at radius 2 is 0.859 bits per heavy atom. The summed E-state index contributed by atoms with van der Waals surface area (Å²) in [6.07, 6.45) is 38.4. The summed E-state index contributed by atoms with van der Waals surface area (Å²) in [6, 6.07) is 0. The average Bonchev–Trinajstić information content (AvgIpc) is 3.24. The molecule has 2 atom stereocenters. The van der Waals surface area contributed by atoms with Gasteiger partial charge < -0.3 is 37.4 Å². The van der Waals surface area contributed by atoms with Gasteiger partial charge in [0.25, 0.3) is 7.82 Å². The molecule has 13 nitrogen and oxygen atoms in total. The van der Waals surface area contributed by atoms with Crippen molar-refractivity contribution >= 4 is 31.7 Å². The van der Waals surface area contributed by atoms with Gasteiger partial charge in [-0.3, -0.25) is 14.2 Å². The van der Waals surface area contributed by atoms with Crippen molar-refractivity contribution in [3.8, 4) is 0 Å². The summed E-state index contributed by atoms with van der Waals surface area (Å²) >= 11 is 0. The van der Waals surface area contributed by atoms with E-state index in [9.17, 15) is 28.6 Å². The number of allylic oxidation sites excluding steroid dienone is 6. The maximum atomic E-state index is 12.7. The molecule has 0 rings (SSSR count). The van der Waals surface area contributed by atoms with Gasteiger partial charge in [-0.2, -0.15) is 0 Å². The predicted molar refractivity (Wildman–Crippen MR) is 253 cm³/mol. The Balaban J connectivity index is 4.25. The second-order valence-electron chi connectivity index (χ2n) is 17.5. The second kappa shape index (κ2) is 42.5. The van der Waals surface area contributed by atoms with E-state index in [4.69, 9.17) is 28.0 Å². The summed E-state index contributed by atoms with van der Waals surface area (Å²) in [5, 5.41) is 0.